The Hall–Kier alpha value is -2.14. The summed E-state index contributed by atoms with van der Waals surface area (Å²) in [5, 5.41) is 0. The van der Waals surface area contributed by atoms with Gasteiger partial charge < -0.3 is 15.4 Å². The fourth-order valence-corrected chi connectivity index (χ4v) is 5.82. The molecule has 2 N–H and O–H groups in total. The monoisotopic (exact) mass is 475 g/mol. The molecule has 4 heteroatoms. The van der Waals surface area contributed by atoms with E-state index >= 15 is 0 Å². The molecule has 2 aliphatic heterocycles. The predicted molar refractivity (Wildman–Crippen MR) is 148 cm³/mol. The fourth-order valence-electron chi connectivity index (χ4n) is 5.82. The Kier molecular flexibility index (Phi) is 9.04. The van der Waals surface area contributed by atoms with E-state index in [0.717, 1.165) is 38.2 Å². The van der Waals surface area contributed by atoms with Crippen LogP contribution in [0.15, 0.2) is 48.0 Å². The minimum Gasteiger partial charge on any atom is -0.494 e. The number of rotatable bonds is 10. The number of aryl methyl sites for hydroxylation is 1. The van der Waals surface area contributed by atoms with Crippen molar-refractivity contribution in [2.75, 3.05) is 39.8 Å². The van der Waals surface area contributed by atoms with E-state index in [1.807, 2.05) is 0 Å². The number of unbranched alkanes of at least 4 members (excludes halogenated alkanes) is 1. The molecular weight excluding hydrogens is 430 g/mol. The fraction of sp³-hybridized carbons (Fsp3) is 0.548. The molecule has 2 unspecified atom stereocenters. The lowest BCUT2D eigenvalue weighted by Crippen LogP contribution is -2.31. The van der Waals surface area contributed by atoms with Crippen LogP contribution in [0.25, 0.3) is 5.57 Å². The molecule has 2 aliphatic rings. The first kappa shape index (κ1) is 25.9. The van der Waals surface area contributed by atoms with Gasteiger partial charge in [0, 0.05) is 12.6 Å². The highest BCUT2D eigenvalue weighted by molar-refractivity contribution is 5.74. The van der Waals surface area contributed by atoms with Gasteiger partial charge in [-0.1, -0.05) is 42.8 Å². The topological polar surface area (TPSA) is 41.7 Å². The number of nitrogens with zero attached hydrogens (tertiary/aromatic N) is 2. The van der Waals surface area contributed by atoms with Crippen LogP contribution >= 0.6 is 0 Å². The van der Waals surface area contributed by atoms with Crippen LogP contribution in [0.5, 0.6) is 5.75 Å². The van der Waals surface area contributed by atoms with Crippen molar-refractivity contribution in [3.63, 3.8) is 0 Å². The number of hydrogen-bond donors (Lipinski definition) is 1. The second kappa shape index (κ2) is 12.2. The van der Waals surface area contributed by atoms with Gasteiger partial charge in [-0.15, -0.1) is 0 Å². The summed E-state index contributed by atoms with van der Waals surface area (Å²) in [5.74, 6) is 0.977. The number of nitrogens with two attached hydrogens (primary N) is 1. The highest BCUT2D eigenvalue weighted by Gasteiger charge is 2.28. The molecule has 35 heavy (non-hydrogen) atoms. The number of benzene rings is 2. The average Bonchev–Trinajstić information content (AvgIpc) is 3.38. The molecule has 2 heterocycles. The Morgan fingerprint density at radius 1 is 1.00 bits per heavy atom. The lowest BCUT2D eigenvalue weighted by Gasteiger charge is -2.37. The van der Waals surface area contributed by atoms with E-state index in [2.05, 4.69) is 80.1 Å². The zero-order chi connectivity index (χ0) is 24.8. The Balaban J connectivity index is 1.45. The van der Waals surface area contributed by atoms with Crippen molar-refractivity contribution in [1.82, 2.24) is 9.80 Å². The van der Waals surface area contributed by atoms with Crippen LogP contribution in [0, 0.1) is 6.92 Å². The largest absolute Gasteiger partial charge is 0.494 e. The van der Waals surface area contributed by atoms with Gasteiger partial charge >= 0.3 is 0 Å². The molecule has 190 valence electrons. The van der Waals surface area contributed by atoms with Crippen LogP contribution in [0.2, 0.25) is 0 Å². The quantitative estimate of drug-likeness (QED) is 0.398. The SMILES string of the molecule is CCC(N)c1ccc(C)cc1C1=C(C)C(c2ccc(OCCCCN3CCCC3)cc2)N(C)CC1. The van der Waals surface area contributed by atoms with Gasteiger partial charge in [-0.3, -0.25) is 4.90 Å². The highest BCUT2D eigenvalue weighted by atomic mass is 16.5. The number of likely N-dealkylation sites (N-methyl/N-ethyl adjacent to an activating group) is 1. The highest BCUT2D eigenvalue weighted by Crippen LogP contribution is 2.41. The van der Waals surface area contributed by atoms with Crippen molar-refractivity contribution >= 4 is 5.57 Å². The van der Waals surface area contributed by atoms with Crippen LogP contribution in [-0.4, -0.2) is 49.6 Å². The third-order valence-corrected chi connectivity index (χ3v) is 7.95. The van der Waals surface area contributed by atoms with E-state index in [1.54, 1.807) is 0 Å². The first-order valence-electron chi connectivity index (χ1n) is 13.7. The maximum Gasteiger partial charge on any atom is 0.119 e. The number of ether oxygens (including phenoxy) is 1. The standard InChI is InChI=1S/C31H45N3O/c1-5-30(32)28-15-10-23(2)22-29(28)27-16-20-33(4)31(24(27)3)25-11-13-26(14-12-25)35-21-9-8-19-34-17-6-7-18-34/h10-15,22,30-31H,5-9,16-21,32H2,1-4H3. The van der Waals surface area contributed by atoms with Gasteiger partial charge in [0.15, 0.2) is 0 Å². The summed E-state index contributed by atoms with van der Waals surface area (Å²) < 4.78 is 6.07. The van der Waals surface area contributed by atoms with Crippen molar-refractivity contribution in [2.24, 2.45) is 5.73 Å². The van der Waals surface area contributed by atoms with Crippen molar-refractivity contribution in [3.05, 3.63) is 70.3 Å². The Morgan fingerprint density at radius 2 is 1.74 bits per heavy atom. The Morgan fingerprint density at radius 3 is 2.46 bits per heavy atom. The van der Waals surface area contributed by atoms with Crippen molar-refractivity contribution in [2.45, 2.75) is 71.4 Å². The maximum atomic E-state index is 6.53. The molecule has 0 amide bonds. The van der Waals surface area contributed by atoms with E-state index in [4.69, 9.17) is 10.5 Å². The third kappa shape index (κ3) is 6.35. The van der Waals surface area contributed by atoms with Crippen LogP contribution in [0.1, 0.15) is 86.7 Å². The van der Waals surface area contributed by atoms with Gasteiger partial charge in [0.1, 0.15) is 5.75 Å². The van der Waals surface area contributed by atoms with Gasteiger partial charge in [0.2, 0.25) is 0 Å². The summed E-state index contributed by atoms with van der Waals surface area (Å²) >= 11 is 0. The first-order chi connectivity index (χ1) is 17.0. The molecule has 1 fully saturated rings. The lowest BCUT2D eigenvalue weighted by atomic mass is 9.82. The normalized spacial score (nSPS) is 20.4. The Bertz CT molecular complexity index is 991. The number of hydrogen-bond acceptors (Lipinski definition) is 4. The zero-order valence-electron chi connectivity index (χ0n) is 22.4. The van der Waals surface area contributed by atoms with Gasteiger partial charge in [0.25, 0.3) is 0 Å². The molecule has 0 aromatic heterocycles. The second-order valence-corrected chi connectivity index (χ2v) is 10.6. The summed E-state index contributed by atoms with van der Waals surface area (Å²) in [6.45, 7) is 12.3. The molecule has 0 spiro atoms. The van der Waals surface area contributed by atoms with Crippen LogP contribution in [0.3, 0.4) is 0 Å². The second-order valence-electron chi connectivity index (χ2n) is 10.6. The van der Waals surface area contributed by atoms with E-state index in [0.29, 0.717) is 0 Å². The summed E-state index contributed by atoms with van der Waals surface area (Å²) in [6.07, 6.45) is 7.09. The third-order valence-electron chi connectivity index (χ3n) is 7.95. The maximum absolute atomic E-state index is 6.53. The van der Waals surface area contributed by atoms with Crippen LogP contribution < -0.4 is 10.5 Å². The minimum atomic E-state index is 0.0794. The number of likely N-dealkylation sites (tertiary alicyclic amines) is 1. The van der Waals surface area contributed by atoms with Crippen LogP contribution in [0.4, 0.5) is 0 Å². The predicted octanol–water partition coefficient (Wildman–Crippen LogP) is 6.51. The van der Waals surface area contributed by atoms with E-state index in [1.165, 1.54) is 72.3 Å². The minimum absolute atomic E-state index is 0.0794. The molecule has 0 saturated carbocycles. The molecule has 2 aromatic carbocycles. The molecule has 0 radical (unpaired) electrons. The molecule has 1 saturated heterocycles. The molecule has 4 nitrogen and oxygen atoms in total. The van der Waals surface area contributed by atoms with E-state index in [9.17, 15) is 0 Å². The smallest absolute Gasteiger partial charge is 0.119 e. The molecular formula is C31H45N3O. The Labute approximate surface area is 213 Å². The summed E-state index contributed by atoms with van der Waals surface area (Å²) in [6, 6.07) is 15.9. The van der Waals surface area contributed by atoms with Gasteiger partial charge in [-0.2, -0.15) is 0 Å². The van der Waals surface area contributed by atoms with Gasteiger partial charge in [0.05, 0.1) is 12.6 Å². The zero-order valence-corrected chi connectivity index (χ0v) is 22.4. The summed E-state index contributed by atoms with van der Waals surface area (Å²) in [7, 11) is 2.24. The van der Waals surface area contributed by atoms with E-state index < -0.39 is 0 Å². The molecule has 4 rings (SSSR count). The van der Waals surface area contributed by atoms with Crippen molar-refractivity contribution in [1.29, 1.82) is 0 Å². The van der Waals surface area contributed by atoms with Crippen molar-refractivity contribution in [3.8, 4) is 5.75 Å². The molecule has 2 atom stereocenters. The van der Waals surface area contributed by atoms with Crippen molar-refractivity contribution < 1.29 is 4.74 Å². The van der Waals surface area contributed by atoms with Gasteiger partial charge in [-0.05, 0) is 119 Å². The van der Waals surface area contributed by atoms with E-state index in [-0.39, 0.29) is 12.1 Å². The summed E-state index contributed by atoms with van der Waals surface area (Å²) in [4.78, 5) is 5.05. The van der Waals surface area contributed by atoms with Crippen LogP contribution in [-0.2, 0) is 0 Å². The molecule has 2 aromatic rings. The average molecular weight is 476 g/mol. The molecule has 0 bridgehead atoms. The van der Waals surface area contributed by atoms with Gasteiger partial charge in [-0.25, -0.2) is 0 Å². The lowest BCUT2D eigenvalue weighted by molar-refractivity contribution is 0.268. The summed E-state index contributed by atoms with van der Waals surface area (Å²) in [5.41, 5.74) is 14.7. The first-order valence-corrected chi connectivity index (χ1v) is 13.7. The molecule has 0 aliphatic carbocycles.